The van der Waals surface area contributed by atoms with Crippen molar-refractivity contribution in [3.8, 4) is 0 Å². The number of aromatic amines is 1. The van der Waals surface area contributed by atoms with Crippen molar-refractivity contribution in [2.24, 2.45) is 5.41 Å². The van der Waals surface area contributed by atoms with Gasteiger partial charge in [0, 0.05) is 24.3 Å². The first-order valence-electron chi connectivity index (χ1n) is 12.7. The van der Waals surface area contributed by atoms with Crippen LogP contribution < -0.4 is 10.6 Å². The standard InChI is InChI=1S/C26H27F5N6O3S/c1-25(18-7-3-4-11-40-18)10-9-14(16(13-25)41(2,38)39)32-15-12-20(35-23-21(15)36-24(37-23)22(27)28)34-19-8-5-6-17(33-19)26(29,30)31/h5-6,8-9,12-13,18,22H,3-4,7,10-11H2,1-2H3,(H3,32,33,34,35,36,37)/t18-,25?/m0/s1. The van der Waals surface area contributed by atoms with Gasteiger partial charge in [-0.05, 0) is 37.8 Å². The van der Waals surface area contributed by atoms with Crippen molar-refractivity contribution in [2.75, 3.05) is 23.5 Å². The molecule has 5 rings (SSSR count). The number of imidazole rings is 1. The first-order chi connectivity index (χ1) is 19.2. The third-order valence-corrected chi connectivity index (χ3v) is 8.17. The number of nitrogens with one attached hydrogen (secondary N) is 3. The lowest BCUT2D eigenvalue weighted by molar-refractivity contribution is -0.141. The van der Waals surface area contributed by atoms with Crippen LogP contribution in [0.15, 0.2) is 47.0 Å². The zero-order valence-corrected chi connectivity index (χ0v) is 22.8. The average molecular weight is 599 g/mol. The molecule has 1 fully saturated rings. The number of allylic oxidation sites excluding steroid dienone is 1. The van der Waals surface area contributed by atoms with Crippen LogP contribution in [0.1, 0.15) is 50.6 Å². The van der Waals surface area contributed by atoms with Gasteiger partial charge in [0.2, 0.25) is 0 Å². The van der Waals surface area contributed by atoms with Gasteiger partial charge in [0.15, 0.2) is 21.3 Å². The van der Waals surface area contributed by atoms with Crippen LogP contribution in [0.25, 0.3) is 11.2 Å². The summed E-state index contributed by atoms with van der Waals surface area (Å²) < 4.78 is 98.2. The first-order valence-corrected chi connectivity index (χ1v) is 14.6. The van der Waals surface area contributed by atoms with Gasteiger partial charge in [-0.1, -0.05) is 25.1 Å². The molecule has 220 valence electrons. The molecule has 1 aliphatic heterocycles. The molecule has 3 N–H and O–H groups in total. The van der Waals surface area contributed by atoms with Gasteiger partial charge < -0.3 is 20.4 Å². The van der Waals surface area contributed by atoms with Crippen molar-refractivity contribution in [1.29, 1.82) is 0 Å². The molecule has 1 aliphatic carbocycles. The maximum Gasteiger partial charge on any atom is 0.433 e. The SMILES string of the molecule is CC1([C@@H]2CCCCO2)C=C(S(C)(=O)=O)C(Nc2cc(Nc3cccc(C(F)(F)F)n3)nc3[nH]c(C(F)F)nc23)=CC1. The number of hydrogen-bond acceptors (Lipinski definition) is 8. The van der Waals surface area contributed by atoms with E-state index in [1.54, 1.807) is 12.2 Å². The Kier molecular flexibility index (Phi) is 7.53. The van der Waals surface area contributed by atoms with E-state index in [4.69, 9.17) is 4.74 Å². The molecule has 0 bridgehead atoms. The molecule has 0 saturated carbocycles. The van der Waals surface area contributed by atoms with Gasteiger partial charge in [-0.25, -0.2) is 32.2 Å². The fourth-order valence-corrected chi connectivity index (χ4v) is 5.99. The lowest BCUT2D eigenvalue weighted by Crippen LogP contribution is -2.37. The van der Waals surface area contributed by atoms with Gasteiger partial charge >= 0.3 is 6.18 Å². The molecule has 1 unspecified atom stereocenters. The molecule has 41 heavy (non-hydrogen) atoms. The fraction of sp³-hybridized carbons (Fsp3) is 0.423. The predicted molar refractivity (Wildman–Crippen MR) is 142 cm³/mol. The van der Waals surface area contributed by atoms with Gasteiger partial charge in [0.25, 0.3) is 6.43 Å². The molecule has 3 aromatic rings. The first kappa shape index (κ1) is 28.9. The van der Waals surface area contributed by atoms with E-state index in [-0.39, 0.29) is 45.2 Å². The minimum Gasteiger partial charge on any atom is -0.377 e. The highest BCUT2D eigenvalue weighted by atomic mass is 32.2. The van der Waals surface area contributed by atoms with E-state index >= 15 is 0 Å². The molecular formula is C26H27F5N6O3S. The van der Waals surface area contributed by atoms with Crippen LogP contribution in [0, 0.1) is 5.41 Å². The van der Waals surface area contributed by atoms with Crippen molar-refractivity contribution < 1.29 is 35.1 Å². The van der Waals surface area contributed by atoms with Gasteiger partial charge in [0.05, 0.1) is 22.4 Å². The number of sulfone groups is 1. The number of rotatable bonds is 7. The van der Waals surface area contributed by atoms with Crippen LogP contribution in [0.3, 0.4) is 0 Å². The Balaban J connectivity index is 1.53. The summed E-state index contributed by atoms with van der Waals surface area (Å²) in [5.74, 6) is -0.912. The molecule has 0 aromatic carbocycles. The molecule has 2 aliphatic rings. The Bertz CT molecular complexity index is 1630. The number of H-pyrrole nitrogens is 1. The number of aromatic nitrogens is 4. The summed E-state index contributed by atoms with van der Waals surface area (Å²) in [6.45, 7) is 2.52. The Morgan fingerprint density at radius 2 is 1.90 bits per heavy atom. The molecule has 0 spiro atoms. The van der Waals surface area contributed by atoms with Crippen LogP contribution in [0.4, 0.5) is 39.3 Å². The van der Waals surface area contributed by atoms with Crippen LogP contribution in [0.2, 0.25) is 0 Å². The second-order valence-electron chi connectivity index (χ2n) is 10.3. The maximum absolute atomic E-state index is 13.5. The quantitative estimate of drug-likeness (QED) is 0.273. The lowest BCUT2D eigenvalue weighted by Gasteiger charge is -2.39. The van der Waals surface area contributed by atoms with Crippen LogP contribution in [-0.2, 0) is 20.8 Å². The molecule has 0 radical (unpaired) electrons. The van der Waals surface area contributed by atoms with Gasteiger partial charge in [0.1, 0.15) is 22.8 Å². The van der Waals surface area contributed by atoms with E-state index in [1.165, 1.54) is 12.1 Å². The number of nitrogens with zero attached hydrogens (tertiary/aromatic N) is 3. The van der Waals surface area contributed by atoms with Gasteiger partial charge in [-0.2, -0.15) is 13.2 Å². The predicted octanol–water partition coefficient (Wildman–Crippen LogP) is 6.26. The Morgan fingerprint density at radius 3 is 2.56 bits per heavy atom. The number of alkyl halides is 5. The molecular weight excluding hydrogens is 571 g/mol. The zero-order valence-electron chi connectivity index (χ0n) is 22.0. The molecule has 3 aromatic heterocycles. The molecule has 0 amide bonds. The third kappa shape index (κ3) is 6.20. The van der Waals surface area contributed by atoms with E-state index in [0.29, 0.717) is 13.0 Å². The molecule has 1 saturated heterocycles. The number of fused-ring (bicyclic) bond motifs is 1. The van der Waals surface area contributed by atoms with Crippen LogP contribution in [0.5, 0.6) is 0 Å². The summed E-state index contributed by atoms with van der Waals surface area (Å²) in [5.41, 5.74) is -1.52. The lowest BCUT2D eigenvalue weighted by atomic mass is 9.75. The second kappa shape index (κ2) is 10.7. The van der Waals surface area contributed by atoms with E-state index in [0.717, 1.165) is 37.7 Å². The summed E-state index contributed by atoms with van der Waals surface area (Å²) in [6.07, 6.45) is -0.243. The number of hydrogen-bond donors (Lipinski definition) is 3. The molecule has 4 heterocycles. The summed E-state index contributed by atoms with van der Waals surface area (Å²) in [6, 6.07) is 4.58. The van der Waals surface area contributed by atoms with Gasteiger partial charge in [-0.3, -0.25) is 0 Å². The molecule has 2 atom stereocenters. The average Bonchev–Trinajstić information content (AvgIpc) is 3.34. The topological polar surface area (TPSA) is 122 Å². The number of halogens is 5. The largest absolute Gasteiger partial charge is 0.433 e. The van der Waals surface area contributed by atoms with Crippen LogP contribution >= 0.6 is 0 Å². The summed E-state index contributed by atoms with van der Waals surface area (Å²) in [5, 5.41) is 5.66. The van der Waals surface area contributed by atoms with E-state index in [1.807, 2.05) is 6.92 Å². The molecule has 9 nitrogen and oxygen atoms in total. The van der Waals surface area contributed by atoms with E-state index in [2.05, 4.69) is 30.6 Å². The van der Waals surface area contributed by atoms with E-state index < -0.39 is 39.4 Å². The number of pyridine rings is 2. The third-order valence-electron chi connectivity index (χ3n) is 7.03. The van der Waals surface area contributed by atoms with Crippen molar-refractivity contribution in [2.45, 2.75) is 51.3 Å². The van der Waals surface area contributed by atoms with Crippen molar-refractivity contribution in [1.82, 2.24) is 19.9 Å². The highest BCUT2D eigenvalue weighted by Crippen LogP contribution is 2.42. The Hall–Kier alpha value is -3.59. The highest BCUT2D eigenvalue weighted by molar-refractivity contribution is 7.94. The maximum atomic E-state index is 13.5. The van der Waals surface area contributed by atoms with Gasteiger partial charge in [-0.15, -0.1) is 0 Å². The van der Waals surface area contributed by atoms with Crippen molar-refractivity contribution in [3.63, 3.8) is 0 Å². The fourth-order valence-electron chi connectivity index (χ4n) is 4.97. The number of anilines is 3. The van der Waals surface area contributed by atoms with E-state index in [9.17, 15) is 30.4 Å². The normalized spacial score (nSPS) is 22.0. The van der Waals surface area contributed by atoms with Crippen molar-refractivity contribution >= 4 is 38.3 Å². The minimum atomic E-state index is -4.68. The second-order valence-corrected chi connectivity index (χ2v) is 12.3. The number of ether oxygens (including phenoxy) is 1. The monoisotopic (exact) mass is 598 g/mol. The minimum absolute atomic E-state index is 0.00376. The summed E-state index contributed by atoms with van der Waals surface area (Å²) in [4.78, 5) is 14.1. The Morgan fingerprint density at radius 1 is 1.12 bits per heavy atom. The van der Waals surface area contributed by atoms with Crippen LogP contribution in [-0.4, -0.2) is 47.3 Å². The summed E-state index contributed by atoms with van der Waals surface area (Å²) in [7, 11) is -3.77. The zero-order chi connectivity index (χ0) is 29.6. The summed E-state index contributed by atoms with van der Waals surface area (Å²) >= 11 is 0. The highest BCUT2D eigenvalue weighted by Gasteiger charge is 2.38. The smallest absolute Gasteiger partial charge is 0.377 e. The molecule has 15 heteroatoms. The van der Waals surface area contributed by atoms with Crippen molar-refractivity contribution in [3.05, 3.63) is 58.5 Å². The Labute approximate surface area is 232 Å².